The van der Waals surface area contributed by atoms with Gasteiger partial charge in [0.15, 0.2) is 5.82 Å². The molecule has 3 heterocycles. The molecule has 2 aromatic rings. The second kappa shape index (κ2) is 7.59. The van der Waals surface area contributed by atoms with Crippen molar-refractivity contribution in [3.05, 3.63) is 52.8 Å². The molecule has 0 spiro atoms. The number of amides is 1. The van der Waals surface area contributed by atoms with Gasteiger partial charge in [-0.2, -0.15) is 0 Å². The van der Waals surface area contributed by atoms with Crippen molar-refractivity contribution in [1.82, 2.24) is 19.4 Å². The molecule has 0 bridgehead atoms. The van der Waals surface area contributed by atoms with Crippen LogP contribution in [0.5, 0.6) is 0 Å². The van der Waals surface area contributed by atoms with Crippen LogP contribution in [0.1, 0.15) is 19.3 Å². The lowest BCUT2D eigenvalue weighted by Crippen LogP contribution is -2.40. The number of piperidine rings is 1. The summed E-state index contributed by atoms with van der Waals surface area (Å²) in [6.45, 7) is 1.51. The fourth-order valence-corrected chi connectivity index (χ4v) is 5.22. The minimum atomic E-state index is -0.508. The van der Waals surface area contributed by atoms with Crippen LogP contribution in [-0.4, -0.2) is 51.5 Å². The molecule has 0 N–H and O–H groups in total. The minimum Gasteiger partial charge on any atom is -0.342 e. The molecule has 2 aromatic heterocycles. The van der Waals surface area contributed by atoms with Crippen LogP contribution in [0.4, 0.5) is 10.3 Å². The van der Waals surface area contributed by atoms with Gasteiger partial charge in [-0.05, 0) is 25.3 Å². The lowest BCUT2D eigenvalue weighted by molar-refractivity contribution is -0.135. The number of fused-ring (bicyclic) bond motifs is 1. The minimum absolute atomic E-state index is 0.119. The van der Waals surface area contributed by atoms with E-state index < -0.39 is 5.82 Å². The SMILES string of the molecule is CN(c1nc(-c2ccncc2F)cc(=O)n1C)[C@@H]1[C@@H]2CN(C(=O)C3CC=CCC3)C[C@@H]21. The van der Waals surface area contributed by atoms with Crippen molar-refractivity contribution < 1.29 is 9.18 Å². The van der Waals surface area contributed by atoms with E-state index in [-0.39, 0.29) is 29.0 Å². The number of nitrogens with zero attached hydrogens (tertiary/aromatic N) is 5. The number of hydrogen-bond donors (Lipinski definition) is 0. The highest BCUT2D eigenvalue weighted by Crippen LogP contribution is 2.49. The molecule has 2 aliphatic carbocycles. The summed E-state index contributed by atoms with van der Waals surface area (Å²) in [5, 5.41) is 0. The van der Waals surface area contributed by atoms with Crippen molar-refractivity contribution in [3.63, 3.8) is 0 Å². The van der Waals surface area contributed by atoms with Crippen LogP contribution in [0.2, 0.25) is 0 Å². The smallest absolute Gasteiger partial charge is 0.255 e. The van der Waals surface area contributed by atoms with E-state index in [4.69, 9.17) is 0 Å². The largest absolute Gasteiger partial charge is 0.342 e. The number of carbonyl (C=O) groups excluding carboxylic acids is 1. The van der Waals surface area contributed by atoms with E-state index in [1.165, 1.54) is 22.9 Å². The molecule has 162 valence electrons. The van der Waals surface area contributed by atoms with Crippen LogP contribution in [0.25, 0.3) is 11.3 Å². The topological polar surface area (TPSA) is 71.3 Å². The van der Waals surface area contributed by atoms with Crippen molar-refractivity contribution in [2.75, 3.05) is 25.0 Å². The Morgan fingerprint density at radius 3 is 2.71 bits per heavy atom. The third kappa shape index (κ3) is 3.43. The molecule has 1 saturated carbocycles. The Kier molecular flexibility index (Phi) is 4.87. The maximum atomic E-state index is 14.2. The van der Waals surface area contributed by atoms with E-state index in [0.29, 0.717) is 23.5 Å². The molecule has 7 nitrogen and oxygen atoms in total. The summed E-state index contributed by atoms with van der Waals surface area (Å²) < 4.78 is 15.7. The zero-order chi connectivity index (χ0) is 21.7. The van der Waals surface area contributed by atoms with Crippen molar-refractivity contribution in [3.8, 4) is 11.3 Å². The number of anilines is 1. The highest BCUT2D eigenvalue weighted by molar-refractivity contribution is 5.80. The van der Waals surface area contributed by atoms with Gasteiger partial charge in [0.05, 0.1) is 11.9 Å². The molecular formula is C23H26FN5O2. The zero-order valence-corrected chi connectivity index (χ0v) is 17.7. The van der Waals surface area contributed by atoms with Gasteiger partial charge in [0.25, 0.3) is 5.56 Å². The third-order valence-corrected chi connectivity index (χ3v) is 7.00. The molecule has 0 aromatic carbocycles. The average Bonchev–Trinajstić information content (AvgIpc) is 3.28. The van der Waals surface area contributed by atoms with Gasteiger partial charge >= 0.3 is 0 Å². The number of carbonyl (C=O) groups is 1. The molecule has 31 heavy (non-hydrogen) atoms. The summed E-state index contributed by atoms with van der Waals surface area (Å²) in [4.78, 5) is 37.8. The first-order valence-electron chi connectivity index (χ1n) is 10.8. The number of aromatic nitrogens is 3. The number of allylic oxidation sites excluding steroid dienone is 2. The Balaban J connectivity index is 1.33. The molecule has 3 aliphatic rings. The highest BCUT2D eigenvalue weighted by Gasteiger charge is 2.59. The average molecular weight is 423 g/mol. The first-order valence-corrected chi connectivity index (χ1v) is 10.8. The first-order chi connectivity index (χ1) is 15.0. The number of halogens is 1. The van der Waals surface area contributed by atoms with Crippen LogP contribution >= 0.6 is 0 Å². The standard InChI is InChI=1S/C23H26FN5O2/c1-27-20(30)10-19(15-8-9-25-11-18(15)24)26-23(27)28(2)21-16-12-29(13-17(16)21)22(31)14-6-4-3-5-7-14/h3-4,8-11,14,16-17,21H,5-7,12-13H2,1-2H3/t14?,16-,17+,21-. The predicted octanol–water partition coefficient (Wildman–Crippen LogP) is 2.23. The van der Waals surface area contributed by atoms with E-state index in [0.717, 1.165) is 38.5 Å². The summed E-state index contributed by atoms with van der Waals surface area (Å²) in [5.74, 6) is 1.16. The number of likely N-dealkylation sites (tertiary alicyclic amines) is 1. The van der Waals surface area contributed by atoms with Gasteiger partial charge in [-0.15, -0.1) is 0 Å². The Labute approximate surface area is 180 Å². The number of rotatable bonds is 4. The van der Waals surface area contributed by atoms with Crippen LogP contribution in [0.3, 0.4) is 0 Å². The second-order valence-corrected chi connectivity index (χ2v) is 8.85. The van der Waals surface area contributed by atoms with Gasteiger partial charge in [-0.1, -0.05) is 12.2 Å². The van der Waals surface area contributed by atoms with Gasteiger partial charge < -0.3 is 9.80 Å². The Morgan fingerprint density at radius 1 is 1.26 bits per heavy atom. The molecule has 4 atom stereocenters. The predicted molar refractivity (Wildman–Crippen MR) is 115 cm³/mol. The molecule has 1 saturated heterocycles. The molecule has 1 amide bonds. The van der Waals surface area contributed by atoms with Gasteiger partial charge in [0, 0.05) is 68.8 Å². The van der Waals surface area contributed by atoms with Gasteiger partial charge in [-0.3, -0.25) is 19.1 Å². The summed E-state index contributed by atoms with van der Waals surface area (Å²) in [5.41, 5.74) is 0.325. The van der Waals surface area contributed by atoms with E-state index in [1.807, 2.05) is 16.8 Å². The summed E-state index contributed by atoms with van der Waals surface area (Å²) in [6, 6.07) is 3.10. The van der Waals surface area contributed by atoms with Crippen LogP contribution < -0.4 is 10.5 Å². The summed E-state index contributed by atoms with van der Waals surface area (Å²) in [7, 11) is 3.61. The van der Waals surface area contributed by atoms with Crippen LogP contribution in [-0.2, 0) is 11.8 Å². The highest BCUT2D eigenvalue weighted by atomic mass is 19.1. The van der Waals surface area contributed by atoms with Crippen molar-refractivity contribution in [2.45, 2.75) is 25.3 Å². The van der Waals surface area contributed by atoms with Crippen molar-refractivity contribution in [1.29, 1.82) is 0 Å². The summed E-state index contributed by atoms with van der Waals surface area (Å²) in [6.07, 6.45) is 9.64. The Bertz CT molecular complexity index is 1100. The first kappa shape index (κ1) is 19.9. The van der Waals surface area contributed by atoms with Gasteiger partial charge in [0.2, 0.25) is 11.9 Å². The lowest BCUT2D eigenvalue weighted by atomic mass is 9.93. The van der Waals surface area contributed by atoms with E-state index in [2.05, 4.69) is 22.1 Å². The molecule has 8 heteroatoms. The Hall–Kier alpha value is -3.03. The van der Waals surface area contributed by atoms with E-state index in [1.54, 1.807) is 7.05 Å². The second-order valence-electron chi connectivity index (χ2n) is 8.85. The monoisotopic (exact) mass is 423 g/mol. The lowest BCUT2D eigenvalue weighted by Gasteiger charge is -2.29. The van der Waals surface area contributed by atoms with Crippen LogP contribution in [0, 0.1) is 23.6 Å². The molecular weight excluding hydrogens is 397 g/mol. The Morgan fingerprint density at radius 2 is 2.03 bits per heavy atom. The summed E-state index contributed by atoms with van der Waals surface area (Å²) >= 11 is 0. The molecule has 2 fully saturated rings. The molecule has 1 unspecified atom stereocenters. The molecule has 0 radical (unpaired) electrons. The van der Waals surface area contributed by atoms with E-state index in [9.17, 15) is 14.0 Å². The van der Waals surface area contributed by atoms with Gasteiger partial charge in [-0.25, -0.2) is 9.37 Å². The maximum absolute atomic E-state index is 14.2. The quantitative estimate of drug-likeness (QED) is 0.706. The molecule has 5 rings (SSSR count). The fourth-order valence-electron chi connectivity index (χ4n) is 5.22. The number of pyridine rings is 1. The van der Waals surface area contributed by atoms with Crippen molar-refractivity contribution in [2.24, 2.45) is 24.8 Å². The number of hydrogen-bond acceptors (Lipinski definition) is 5. The fraction of sp³-hybridized carbons (Fsp3) is 0.478. The zero-order valence-electron chi connectivity index (χ0n) is 17.7. The van der Waals surface area contributed by atoms with E-state index >= 15 is 0 Å². The third-order valence-electron chi connectivity index (χ3n) is 7.00. The maximum Gasteiger partial charge on any atom is 0.255 e. The van der Waals surface area contributed by atoms with Crippen LogP contribution in [0.15, 0.2) is 41.5 Å². The van der Waals surface area contributed by atoms with Crippen molar-refractivity contribution >= 4 is 11.9 Å². The van der Waals surface area contributed by atoms with Gasteiger partial charge in [0.1, 0.15) is 0 Å². The normalized spacial score (nSPS) is 26.6. The molecule has 1 aliphatic heterocycles.